The fraction of sp³-hybridized carbons (Fsp3) is 0.825. The van der Waals surface area contributed by atoms with E-state index in [2.05, 4.69) is 74.7 Å². The molecule has 0 bridgehead atoms. The van der Waals surface area contributed by atoms with Gasteiger partial charge in [0.1, 0.15) is 6.10 Å². The van der Waals surface area contributed by atoms with Crippen LogP contribution < -0.4 is 5.32 Å². The number of allylic oxidation sites excluding steroid dienone is 8. The van der Waals surface area contributed by atoms with Gasteiger partial charge in [0.05, 0.1) is 25.2 Å². The molecule has 0 saturated carbocycles. The summed E-state index contributed by atoms with van der Waals surface area (Å²) in [5, 5.41) is 23.8. The van der Waals surface area contributed by atoms with E-state index in [-0.39, 0.29) is 24.9 Å². The second-order valence-corrected chi connectivity index (χ2v) is 18.6. The number of hydrogen-bond donors (Lipinski definition) is 3. The first-order chi connectivity index (χ1) is 31.0. The summed E-state index contributed by atoms with van der Waals surface area (Å²) in [6.45, 7) is 6.44. The number of nitrogens with one attached hydrogen (secondary N) is 1. The van der Waals surface area contributed by atoms with Gasteiger partial charge < -0.3 is 20.3 Å². The third-order valence-electron chi connectivity index (χ3n) is 12.4. The standard InChI is InChI=1S/C57H105NO5/c1-4-7-10-13-16-19-22-24-26-28-30-32-34-37-40-43-46-49-55(60)54(52-59)58-56(61)51-53(48-45-42-39-36-21-18-15-12-9-6-3)63-57(62)50-47-44-41-38-35-33-31-29-27-25-23-20-17-14-11-8-5-2/h17-18,20-21,25,27,31,33,53-55,59-60H,4-16,19,22-24,26,28-30,32,34-52H2,1-3H3,(H,58,61)/b20-17-,21-18-,27-25-,33-31-. The third kappa shape index (κ3) is 46.2. The predicted octanol–water partition coefficient (Wildman–Crippen LogP) is 16.6. The zero-order chi connectivity index (χ0) is 45.9. The van der Waals surface area contributed by atoms with E-state index in [1.165, 1.54) is 135 Å². The van der Waals surface area contributed by atoms with Crippen LogP contribution in [0.2, 0.25) is 0 Å². The number of rotatable bonds is 49. The molecule has 0 aliphatic heterocycles. The second-order valence-electron chi connectivity index (χ2n) is 18.6. The van der Waals surface area contributed by atoms with Gasteiger partial charge in [-0.1, -0.05) is 223 Å². The number of aliphatic hydroxyl groups excluding tert-OH is 2. The van der Waals surface area contributed by atoms with Gasteiger partial charge in [0.2, 0.25) is 5.91 Å². The van der Waals surface area contributed by atoms with Crippen molar-refractivity contribution in [3.63, 3.8) is 0 Å². The minimum atomic E-state index is -0.795. The lowest BCUT2D eigenvalue weighted by Gasteiger charge is -2.24. The normalized spacial score (nSPS) is 13.5. The molecule has 3 unspecified atom stereocenters. The van der Waals surface area contributed by atoms with Crippen LogP contribution >= 0.6 is 0 Å². The monoisotopic (exact) mass is 884 g/mol. The molecule has 0 aromatic heterocycles. The number of esters is 1. The maximum atomic E-state index is 13.2. The molecule has 0 fully saturated rings. The summed E-state index contributed by atoms with van der Waals surface area (Å²) in [4.78, 5) is 26.1. The Kier molecular flexibility index (Phi) is 49.1. The van der Waals surface area contributed by atoms with Crippen LogP contribution in [0.15, 0.2) is 48.6 Å². The Morgan fingerprint density at radius 3 is 1.29 bits per heavy atom. The topological polar surface area (TPSA) is 95.9 Å². The van der Waals surface area contributed by atoms with Crippen molar-refractivity contribution in [3.05, 3.63) is 48.6 Å². The van der Waals surface area contributed by atoms with Gasteiger partial charge in [-0.25, -0.2) is 0 Å². The fourth-order valence-corrected chi connectivity index (χ4v) is 8.20. The van der Waals surface area contributed by atoms with E-state index in [1.807, 2.05) is 0 Å². The Balaban J connectivity index is 4.48. The van der Waals surface area contributed by atoms with E-state index in [1.54, 1.807) is 0 Å². The van der Waals surface area contributed by atoms with E-state index in [9.17, 15) is 19.8 Å². The van der Waals surface area contributed by atoms with Crippen LogP contribution in [0.3, 0.4) is 0 Å². The largest absolute Gasteiger partial charge is 0.462 e. The van der Waals surface area contributed by atoms with Crippen molar-refractivity contribution in [3.8, 4) is 0 Å². The zero-order valence-corrected chi connectivity index (χ0v) is 42.0. The quantitative estimate of drug-likeness (QED) is 0.0321. The molecule has 368 valence electrons. The van der Waals surface area contributed by atoms with Gasteiger partial charge in [0.25, 0.3) is 0 Å². The molecule has 1 amide bonds. The summed E-state index contributed by atoms with van der Waals surface area (Å²) < 4.78 is 5.91. The fourth-order valence-electron chi connectivity index (χ4n) is 8.20. The lowest BCUT2D eigenvalue weighted by Crippen LogP contribution is -2.46. The highest BCUT2D eigenvalue weighted by Gasteiger charge is 2.24. The summed E-state index contributed by atoms with van der Waals surface area (Å²) in [6.07, 6.45) is 61.8. The highest BCUT2D eigenvalue weighted by Crippen LogP contribution is 2.18. The van der Waals surface area contributed by atoms with Crippen LogP contribution in [0.4, 0.5) is 0 Å². The number of amides is 1. The Morgan fingerprint density at radius 1 is 0.460 bits per heavy atom. The molecule has 6 nitrogen and oxygen atoms in total. The van der Waals surface area contributed by atoms with Gasteiger partial charge in [-0.2, -0.15) is 0 Å². The van der Waals surface area contributed by atoms with E-state index in [0.29, 0.717) is 19.3 Å². The lowest BCUT2D eigenvalue weighted by molar-refractivity contribution is -0.151. The van der Waals surface area contributed by atoms with E-state index in [4.69, 9.17) is 4.74 Å². The SMILES string of the molecule is CCCCC/C=C\C/C=C\C/C=C\CCCCCCC(=O)OC(CCCCC/C=C\CCCCC)CC(=O)NC(CO)C(O)CCCCCCCCCCCCCCCCCCC. The van der Waals surface area contributed by atoms with Crippen LogP contribution in [-0.4, -0.2) is 46.9 Å². The van der Waals surface area contributed by atoms with Crippen LogP contribution in [0.5, 0.6) is 0 Å². The molecule has 0 aliphatic carbocycles. The summed E-state index contributed by atoms with van der Waals surface area (Å²) in [5.74, 6) is -0.510. The molecule has 0 heterocycles. The first-order valence-corrected chi connectivity index (χ1v) is 27.4. The number of ether oxygens (including phenoxy) is 1. The summed E-state index contributed by atoms with van der Waals surface area (Å²) in [7, 11) is 0. The van der Waals surface area contributed by atoms with Crippen molar-refractivity contribution in [2.24, 2.45) is 0 Å². The number of aliphatic hydroxyl groups is 2. The van der Waals surface area contributed by atoms with Crippen molar-refractivity contribution in [2.75, 3.05) is 6.61 Å². The molecule has 0 rings (SSSR count). The van der Waals surface area contributed by atoms with Crippen molar-refractivity contribution >= 4 is 11.9 Å². The van der Waals surface area contributed by atoms with E-state index in [0.717, 1.165) is 96.3 Å². The molecule has 0 spiro atoms. The molecule has 0 saturated heterocycles. The van der Waals surface area contributed by atoms with Crippen LogP contribution in [0.1, 0.15) is 278 Å². The highest BCUT2D eigenvalue weighted by molar-refractivity contribution is 5.77. The van der Waals surface area contributed by atoms with Gasteiger partial charge in [-0.3, -0.25) is 9.59 Å². The van der Waals surface area contributed by atoms with Crippen molar-refractivity contribution in [1.82, 2.24) is 5.32 Å². The van der Waals surface area contributed by atoms with Gasteiger partial charge in [0, 0.05) is 6.42 Å². The first-order valence-electron chi connectivity index (χ1n) is 27.4. The first kappa shape index (κ1) is 60.8. The number of hydrogen-bond acceptors (Lipinski definition) is 5. The average molecular weight is 884 g/mol. The Bertz CT molecular complexity index is 1080. The van der Waals surface area contributed by atoms with Crippen molar-refractivity contribution in [2.45, 2.75) is 296 Å². The Labute approximate surface area is 391 Å². The lowest BCUT2D eigenvalue weighted by atomic mass is 10.0. The second kappa shape index (κ2) is 50.8. The summed E-state index contributed by atoms with van der Waals surface area (Å²) in [6, 6.07) is -0.710. The molecule has 0 aromatic rings. The third-order valence-corrected chi connectivity index (χ3v) is 12.4. The molecular weight excluding hydrogens is 779 g/mol. The van der Waals surface area contributed by atoms with E-state index < -0.39 is 18.2 Å². The van der Waals surface area contributed by atoms with Gasteiger partial charge in [0.15, 0.2) is 0 Å². The summed E-state index contributed by atoms with van der Waals surface area (Å²) in [5.41, 5.74) is 0. The van der Waals surface area contributed by atoms with Crippen LogP contribution in [-0.2, 0) is 14.3 Å². The average Bonchev–Trinajstić information content (AvgIpc) is 3.28. The molecule has 0 aliphatic rings. The van der Waals surface area contributed by atoms with Crippen LogP contribution in [0.25, 0.3) is 0 Å². The van der Waals surface area contributed by atoms with Gasteiger partial charge in [-0.15, -0.1) is 0 Å². The van der Waals surface area contributed by atoms with E-state index >= 15 is 0 Å². The number of carbonyl (C=O) groups is 2. The predicted molar refractivity (Wildman–Crippen MR) is 273 cm³/mol. The maximum absolute atomic E-state index is 13.2. The molecular formula is C57H105NO5. The zero-order valence-electron chi connectivity index (χ0n) is 42.0. The summed E-state index contributed by atoms with van der Waals surface area (Å²) >= 11 is 0. The number of carbonyl (C=O) groups excluding carboxylic acids is 2. The molecule has 3 atom stereocenters. The maximum Gasteiger partial charge on any atom is 0.306 e. The minimum absolute atomic E-state index is 0.0582. The number of unbranched alkanes of at least 4 members (excludes halogenated alkanes) is 29. The molecule has 0 radical (unpaired) electrons. The van der Waals surface area contributed by atoms with Gasteiger partial charge >= 0.3 is 5.97 Å². The van der Waals surface area contributed by atoms with Crippen molar-refractivity contribution in [1.29, 1.82) is 0 Å². The molecule has 6 heteroatoms. The van der Waals surface area contributed by atoms with Crippen LogP contribution in [0, 0.1) is 0 Å². The molecule has 0 aromatic carbocycles. The van der Waals surface area contributed by atoms with Crippen molar-refractivity contribution < 1.29 is 24.5 Å². The van der Waals surface area contributed by atoms with Gasteiger partial charge in [-0.05, 0) is 89.9 Å². The molecule has 3 N–H and O–H groups in total. The highest BCUT2D eigenvalue weighted by atomic mass is 16.5. The Morgan fingerprint density at radius 2 is 0.810 bits per heavy atom. The Hall–Kier alpha value is -2.18. The smallest absolute Gasteiger partial charge is 0.306 e. The molecule has 63 heavy (non-hydrogen) atoms. The minimum Gasteiger partial charge on any atom is -0.462 e.